The molecule has 0 saturated heterocycles. The first-order valence-corrected chi connectivity index (χ1v) is 8.78. The van der Waals surface area contributed by atoms with Crippen molar-refractivity contribution in [1.82, 2.24) is 0 Å². The normalized spacial score (nSPS) is 12.6. The number of hydrogen-bond donors (Lipinski definition) is 1. The van der Waals surface area contributed by atoms with E-state index >= 15 is 0 Å². The van der Waals surface area contributed by atoms with Gasteiger partial charge in [-0.05, 0) is 54.7 Å². The molecule has 0 saturated carbocycles. The maximum atomic E-state index is 12.0. The number of rotatable bonds is 5. The molecule has 0 radical (unpaired) electrons. The van der Waals surface area contributed by atoms with Crippen molar-refractivity contribution in [2.75, 3.05) is 11.9 Å². The molecule has 6 heteroatoms. The van der Waals surface area contributed by atoms with Gasteiger partial charge < -0.3 is 10.1 Å². The fourth-order valence-electron chi connectivity index (χ4n) is 2.89. The van der Waals surface area contributed by atoms with Crippen LogP contribution in [-0.4, -0.2) is 18.5 Å². The molecule has 1 amide bonds. The number of halogens is 2. The van der Waals surface area contributed by atoms with E-state index in [-0.39, 0.29) is 18.9 Å². The number of benzene rings is 2. The Bertz CT molecular complexity index is 800. The first-order chi connectivity index (χ1) is 12.0. The van der Waals surface area contributed by atoms with Gasteiger partial charge in [-0.25, -0.2) is 0 Å². The van der Waals surface area contributed by atoms with Crippen molar-refractivity contribution in [3.05, 3.63) is 63.1 Å². The molecule has 130 valence electrons. The summed E-state index contributed by atoms with van der Waals surface area (Å²) in [5, 5.41) is 3.54. The maximum absolute atomic E-state index is 12.0. The smallest absolute Gasteiger partial charge is 0.310 e. The summed E-state index contributed by atoms with van der Waals surface area (Å²) in [6.07, 6.45) is 3.19. The van der Waals surface area contributed by atoms with E-state index in [1.165, 1.54) is 11.1 Å². The summed E-state index contributed by atoms with van der Waals surface area (Å²) in [5.41, 5.74) is 3.81. The number of carbonyl (C=O) groups excluding carboxylic acids is 2. The highest BCUT2D eigenvalue weighted by atomic mass is 35.5. The Morgan fingerprint density at radius 3 is 2.52 bits per heavy atom. The number of carbonyl (C=O) groups is 2. The second kappa shape index (κ2) is 7.89. The van der Waals surface area contributed by atoms with Gasteiger partial charge in [-0.15, -0.1) is 0 Å². The molecule has 0 bridgehead atoms. The van der Waals surface area contributed by atoms with Crippen molar-refractivity contribution in [2.24, 2.45) is 0 Å². The monoisotopic (exact) mass is 377 g/mol. The van der Waals surface area contributed by atoms with Gasteiger partial charge in [-0.2, -0.15) is 0 Å². The van der Waals surface area contributed by atoms with Crippen LogP contribution in [0.1, 0.15) is 23.1 Å². The molecule has 1 N–H and O–H groups in total. The van der Waals surface area contributed by atoms with Crippen molar-refractivity contribution < 1.29 is 14.3 Å². The molecule has 25 heavy (non-hydrogen) atoms. The number of anilines is 1. The number of ether oxygens (including phenoxy) is 1. The lowest BCUT2D eigenvalue weighted by Gasteiger charge is -2.09. The van der Waals surface area contributed by atoms with Gasteiger partial charge in [0, 0.05) is 21.3 Å². The zero-order chi connectivity index (χ0) is 17.8. The zero-order valence-electron chi connectivity index (χ0n) is 13.5. The number of aryl methyl sites for hydroxylation is 2. The topological polar surface area (TPSA) is 55.4 Å². The van der Waals surface area contributed by atoms with Crippen LogP contribution < -0.4 is 5.32 Å². The molecule has 0 fully saturated rings. The molecule has 0 aliphatic heterocycles. The van der Waals surface area contributed by atoms with Crippen molar-refractivity contribution in [3.63, 3.8) is 0 Å². The quantitative estimate of drug-likeness (QED) is 0.794. The van der Waals surface area contributed by atoms with Crippen molar-refractivity contribution in [1.29, 1.82) is 0 Å². The molecule has 0 aromatic heterocycles. The fraction of sp³-hybridized carbons (Fsp3) is 0.263. The van der Waals surface area contributed by atoms with Crippen LogP contribution in [-0.2, 0) is 33.6 Å². The summed E-state index contributed by atoms with van der Waals surface area (Å²) in [5.74, 6) is -0.935. The van der Waals surface area contributed by atoms with Crippen LogP contribution in [0.4, 0.5) is 5.69 Å². The fourth-order valence-corrected chi connectivity index (χ4v) is 3.42. The first-order valence-electron chi connectivity index (χ1n) is 8.03. The number of fused-ring (bicyclic) bond motifs is 1. The van der Waals surface area contributed by atoms with Crippen LogP contribution in [0.5, 0.6) is 0 Å². The molecular formula is C19H17Cl2NO3. The lowest BCUT2D eigenvalue weighted by Crippen LogP contribution is -2.21. The lowest BCUT2D eigenvalue weighted by molar-refractivity contribution is -0.146. The number of nitrogens with one attached hydrogen (secondary N) is 1. The second-order valence-electron chi connectivity index (χ2n) is 5.92. The maximum Gasteiger partial charge on any atom is 0.310 e. The molecule has 1 aliphatic rings. The molecule has 0 spiro atoms. The molecular weight excluding hydrogens is 361 g/mol. The number of esters is 1. The standard InChI is InChI=1S/C19H17Cl2NO3/c20-16-5-2-6-17(21)15(16)10-19(24)25-11-18(23)22-14-8-7-12-3-1-4-13(12)9-14/h2,5-9H,1,3-4,10-11H2,(H,22,23). The minimum Gasteiger partial charge on any atom is -0.455 e. The van der Waals surface area contributed by atoms with E-state index in [9.17, 15) is 9.59 Å². The number of hydrogen-bond acceptors (Lipinski definition) is 3. The van der Waals surface area contributed by atoms with Crippen LogP contribution in [0, 0.1) is 0 Å². The summed E-state index contributed by atoms with van der Waals surface area (Å²) >= 11 is 12.0. The van der Waals surface area contributed by atoms with E-state index in [4.69, 9.17) is 27.9 Å². The highest BCUT2D eigenvalue weighted by Crippen LogP contribution is 2.26. The Labute approximate surface area is 156 Å². The van der Waals surface area contributed by atoms with Crippen LogP contribution in [0.2, 0.25) is 10.0 Å². The van der Waals surface area contributed by atoms with Gasteiger partial charge in [0.2, 0.25) is 0 Å². The van der Waals surface area contributed by atoms with Crippen molar-refractivity contribution >= 4 is 40.8 Å². The Morgan fingerprint density at radius 2 is 1.76 bits per heavy atom. The van der Waals surface area contributed by atoms with E-state index in [1.54, 1.807) is 18.2 Å². The van der Waals surface area contributed by atoms with Gasteiger partial charge in [0.1, 0.15) is 0 Å². The molecule has 2 aromatic carbocycles. The second-order valence-corrected chi connectivity index (χ2v) is 6.74. The predicted octanol–water partition coefficient (Wildman–Crippen LogP) is 4.21. The summed E-state index contributed by atoms with van der Waals surface area (Å²) in [4.78, 5) is 23.9. The van der Waals surface area contributed by atoms with Gasteiger partial charge in [0.25, 0.3) is 5.91 Å². The summed E-state index contributed by atoms with van der Waals surface area (Å²) in [6.45, 7) is -0.349. The number of amides is 1. The molecule has 0 atom stereocenters. The van der Waals surface area contributed by atoms with E-state index in [0.29, 0.717) is 15.6 Å². The highest BCUT2D eigenvalue weighted by molar-refractivity contribution is 6.36. The largest absolute Gasteiger partial charge is 0.455 e. The molecule has 3 rings (SSSR count). The molecule has 4 nitrogen and oxygen atoms in total. The summed E-state index contributed by atoms with van der Waals surface area (Å²) < 4.78 is 5.01. The van der Waals surface area contributed by atoms with Crippen LogP contribution in [0.3, 0.4) is 0 Å². The molecule has 0 unspecified atom stereocenters. The van der Waals surface area contributed by atoms with E-state index in [2.05, 4.69) is 5.32 Å². The zero-order valence-corrected chi connectivity index (χ0v) is 15.0. The first kappa shape index (κ1) is 17.8. The summed E-state index contributed by atoms with van der Waals surface area (Å²) in [6, 6.07) is 10.9. The summed E-state index contributed by atoms with van der Waals surface area (Å²) in [7, 11) is 0. The Kier molecular flexibility index (Phi) is 5.61. The van der Waals surface area contributed by atoms with Crippen molar-refractivity contribution in [2.45, 2.75) is 25.7 Å². The molecule has 0 heterocycles. The molecule has 1 aliphatic carbocycles. The Hall–Kier alpha value is -2.04. The lowest BCUT2D eigenvalue weighted by atomic mass is 10.1. The van der Waals surface area contributed by atoms with Crippen LogP contribution in [0.25, 0.3) is 0 Å². The third-order valence-electron chi connectivity index (χ3n) is 4.13. The van der Waals surface area contributed by atoms with Crippen molar-refractivity contribution in [3.8, 4) is 0 Å². The van der Waals surface area contributed by atoms with E-state index < -0.39 is 5.97 Å². The van der Waals surface area contributed by atoms with Gasteiger partial charge in [0.05, 0.1) is 6.42 Å². The third kappa shape index (κ3) is 4.53. The molecule has 2 aromatic rings. The van der Waals surface area contributed by atoms with Gasteiger partial charge in [-0.3, -0.25) is 9.59 Å². The Morgan fingerprint density at radius 1 is 1.04 bits per heavy atom. The average Bonchev–Trinajstić information content (AvgIpc) is 3.04. The van der Waals surface area contributed by atoms with E-state index in [0.717, 1.165) is 24.9 Å². The van der Waals surface area contributed by atoms with Gasteiger partial charge in [0.15, 0.2) is 6.61 Å². The minimum absolute atomic E-state index is 0.0787. The van der Waals surface area contributed by atoms with Gasteiger partial charge in [-0.1, -0.05) is 35.3 Å². The third-order valence-corrected chi connectivity index (χ3v) is 4.84. The minimum atomic E-state index is -0.556. The SMILES string of the molecule is O=C(COC(=O)Cc1c(Cl)cccc1Cl)Nc1ccc2c(c1)CCC2. The highest BCUT2D eigenvalue weighted by Gasteiger charge is 2.15. The average molecular weight is 378 g/mol. The van der Waals surface area contributed by atoms with Gasteiger partial charge >= 0.3 is 5.97 Å². The van der Waals surface area contributed by atoms with Crippen LogP contribution >= 0.6 is 23.2 Å². The predicted molar refractivity (Wildman–Crippen MR) is 98.2 cm³/mol. The Balaban J connectivity index is 1.51. The van der Waals surface area contributed by atoms with E-state index in [1.807, 2.05) is 18.2 Å². The van der Waals surface area contributed by atoms with Crippen LogP contribution in [0.15, 0.2) is 36.4 Å².